The summed E-state index contributed by atoms with van der Waals surface area (Å²) in [5.74, 6) is -0.283. The minimum absolute atomic E-state index is 0.177. The van der Waals surface area contributed by atoms with Crippen LogP contribution in [0.5, 0.6) is 0 Å². The van der Waals surface area contributed by atoms with Crippen LogP contribution in [0, 0.1) is 6.92 Å². The number of hydrogen-bond donors (Lipinski definition) is 1. The molecule has 1 aliphatic rings. The summed E-state index contributed by atoms with van der Waals surface area (Å²) in [6, 6.07) is 3.31. The van der Waals surface area contributed by atoms with Gasteiger partial charge in [0.25, 0.3) is 11.5 Å². The van der Waals surface area contributed by atoms with Crippen molar-refractivity contribution in [1.82, 2.24) is 24.3 Å². The number of rotatable bonds is 6. The van der Waals surface area contributed by atoms with Crippen molar-refractivity contribution >= 4 is 28.5 Å². The van der Waals surface area contributed by atoms with Crippen LogP contribution in [0.15, 0.2) is 38.6 Å². The fourth-order valence-electron chi connectivity index (χ4n) is 4.23. The first-order valence-corrected chi connectivity index (χ1v) is 11.3. The van der Waals surface area contributed by atoms with Gasteiger partial charge in [-0.05, 0) is 31.0 Å². The van der Waals surface area contributed by atoms with Gasteiger partial charge in [0.2, 0.25) is 5.91 Å². The van der Waals surface area contributed by atoms with Crippen LogP contribution in [-0.4, -0.2) is 63.6 Å². The number of carbonyl (C=O) groups excluding carboxylic acids is 2. The molecule has 3 aromatic heterocycles. The van der Waals surface area contributed by atoms with Gasteiger partial charge < -0.3 is 19.5 Å². The molecule has 2 amide bonds. The highest BCUT2D eigenvalue weighted by atomic mass is 16.3. The first kappa shape index (κ1) is 23.3. The molecular weight excluding hydrogens is 440 g/mol. The van der Waals surface area contributed by atoms with Crippen molar-refractivity contribution in [2.24, 2.45) is 7.05 Å². The van der Waals surface area contributed by atoms with Gasteiger partial charge in [0.05, 0.1) is 12.0 Å². The molecule has 1 fully saturated rings. The van der Waals surface area contributed by atoms with E-state index >= 15 is 0 Å². The smallest absolute Gasteiger partial charge is 0.332 e. The van der Waals surface area contributed by atoms with Crippen molar-refractivity contribution in [3.05, 3.63) is 56.8 Å². The quantitative estimate of drug-likeness (QED) is 0.558. The highest BCUT2D eigenvalue weighted by Gasteiger charge is 2.27. The molecule has 0 spiro atoms. The Kier molecular flexibility index (Phi) is 6.53. The van der Waals surface area contributed by atoms with Crippen molar-refractivity contribution in [3.8, 4) is 0 Å². The van der Waals surface area contributed by atoms with Crippen LogP contribution in [0.3, 0.4) is 0 Å². The highest BCUT2D eigenvalue weighted by molar-refractivity contribution is 5.93. The molecule has 0 aromatic carbocycles. The van der Waals surface area contributed by atoms with E-state index in [1.807, 2.05) is 18.7 Å². The van der Waals surface area contributed by atoms with Gasteiger partial charge in [-0.3, -0.25) is 23.5 Å². The van der Waals surface area contributed by atoms with Crippen LogP contribution in [-0.2, 0) is 18.4 Å². The Morgan fingerprint density at radius 3 is 2.56 bits per heavy atom. The number of amides is 2. The lowest BCUT2D eigenvalue weighted by atomic mass is 10.1. The minimum Gasteiger partial charge on any atom is -0.459 e. The van der Waals surface area contributed by atoms with Crippen molar-refractivity contribution in [1.29, 1.82) is 0 Å². The van der Waals surface area contributed by atoms with E-state index in [0.29, 0.717) is 44.2 Å². The first-order chi connectivity index (χ1) is 16.3. The predicted molar refractivity (Wildman–Crippen MR) is 126 cm³/mol. The summed E-state index contributed by atoms with van der Waals surface area (Å²) in [5, 5.41) is 2.99. The lowest BCUT2D eigenvalue weighted by Gasteiger charge is -2.36. The maximum atomic E-state index is 13.5. The molecule has 0 aliphatic carbocycles. The summed E-state index contributed by atoms with van der Waals surface area (Å²) < 4.78 is 7.47. The molecule has 11 heteroatoms. The van der Waals surface area contributed by atoms with Crippen LogP contribution in [0.4, 0.5) is 5.69 Å². The van der Waals surface area contributed by atoms with E-state index in [9.17, 15) is 19.2 Å². The molecule has 34 heavy (non-hydrogen) atoms. The van der Waals surface area contributed by atoms with E-state index in [1.54, 1.807) is 23.2 Å². The number of piperazine rings is 1. The van der Waals surface area contributed by atoms with E-state index in [-0.39, 0.29) is 23.5 Å². The zero-order chi connectivity index (χ0) is 24.4. The summed E-state index contributed by atoms with van der Waals surface area (Å²) in [4.78, 5) is 59.3. The third-order valence-electron chi connectivity index (χ3n) is 6.00. The average molecular weight is 469 g/mol. The van der Waals surface area contributed by atoms with E-state index in [2.05, 4.69) is 10.3 Å². The normalized spacial score (nSPS) is 14.0. The van der Waals surface area contributed by atoms with Gasteiger partial charge >= 0.3 is 5.69 Å². The van der Waals surface area contributed by atoms with Crippen LogP contribution in [0.2, 0.25) is 0 Å². The molecule has 0 radical (unpaired) electrons. The fraction of sp³-hybridized carbons (Fsp3) is 0.435. The maximum Gasteiger partial charge on any atom is 0.332 e. The molecule has 1 saturated heterocycles. The number of furan rings is 1. The molecule has 0 atom stereocenters. The van der Waals surface area contributed by atoms with E-state index in [0.717, 1.165) is 16.6 Å². The number of nitrogens with zero attached hydrogens (tertiary/aromatic N) is 5. The Balaban J connectivity index is 1.70. The van der Waals surface area contributed by atoms with Crippen LogP contribution >= 0.6 is 0 Å². The monoisotopic (exact) mass is 468 g/mol. The van der Waals surface area contributed by atoms with Gasteiger partial charge in [0, 0.05) is 46.0 Å². The summed E-state index contributed by atoms with van der Waals surface area (Å²) in [5.41, 5.74) is 0.551. The van der Waals surface area contributed by atoms with Gasteiger partial charge in [-0.1, -0.05) is 6.92 Å². The summed E-state index contributed by atoms with van der Waals surface area (Å²) in [6.45, 7) is 5.76. The van der Waals surface area contributed by atoms with E-state index in [4.69, 9.17) is 4.42 Å². The van der Waals surface area contributed by atoms with Gasteiger partial charge in [-0.2, -0.15) is 0 Å². The van der Waals surface area contributed by atoms with E-state index < -0.39 is 17.2 Å². The largest absolute Gasteiger partial charge is 0.459 e. The number of aromatic nitrogens is 3. The van der Waals surface area contributed by atoms with Gasteiger partial charge in [0.15, 0.2) is 11.4 Å². The number of hydrogen-bond acceptors (Lipinski definition) is 7. The third-order valence-corrected chi connectivity index (χ3v) is 6.00. The topological polar surface area (TPSA) is 123 Å². The molecule has 0 saturated carbocycles. The first-order valence-electron chi connectivity index (χ1n) is 11.3. The number of pyridine rings is 1. The Morgan fingerprint density at radius 2 is 1.91 bits per heavy atom. The molecule has 180 valence electrons. The standard InChI is InChI=1S/C23H28N6O5/c1-4-7-24-17(30)14-29-22(32)18-19(15(2)13-25-20(18)26(3)23(29)33)27-8-10-28(11-9-27)21(31)16-6-5-12-34-16/h5-6,12-13H,4,7-11,14H2,1-3H3,(H,24,30). The Labute approximate surface area is 195 Å². The lowest BCUT2D eigenvalue weighted by molar-refractivity contribution is -0.121. The molecule has 1 N–H and O–H groups in total. The van der Waals surface area contributed by atoms with Crippen molar-refractivity contribution in [2.45, 2.75) is 26.8 Å². The van der Waals surface area contributed by atoms with Crippen molar-refractivity contribution in [3.63, 3.8) is 0 Å². The molecule has 0 bridgehead atoms. The molecule has 3 aromatic rings. The van der Waals surface area contributed by atoms with Crippen LogP contribution < -0.4 is 21.5 Å². The second kappa shape index (κ2) is 9.54. The number of fused-ring (bicyclic) bond motifs is 1. The number of anilines is 1. The summed E-state index contributed by atoms with van der Waals surface area (Å²) >= 11 is 0. The molecule has 4 rings (SSSR count). The maximum absolute atomic E-state index is 13.5. The molecule has 1 aliphatic heterocycles. The van der Waals surface area contributed by atoms with Gasteiger partial charge in [-0.25, -0.2) is 9.78 Å². The zero-order valence-electron chi connectivity index (χ0n) is 19.5. The Morgan fingerprint density at radius 1 is 1.18 bits per heavy atom. The lowest BCUT2D eigenvalue weighted by Crippen LogP contribution is -2.49. The minimum atomic E-state index is -0.597. The zero-order valence-corrected chi connectivity index (χ0v) is 19.5. The number of carbonyl (C=O) groups is 2. The second-order valence-corrected chi connectivity index (χ2v) is 8.33. The van der Waals surface area contributed by atoms with Crippen molar-refractivity contribution < 1.29 is 14.0 Å². The average Bonchev–Trinajstić information content (AvgIpc) is 3.38. The van der Waals surface area contributed by atoms with Crippen LogP contribution in [0.1, 0.15) is 29.5 Å². The highest BCUT2D eigenvalue weighted by Crippen LogP contribution is 2.27. The van der Waals surface area contributed by atoms with Crippen molar-refractivity contribution in [2.75, 3.05) is 37.6 Å². The van der Waals surface area contributed by atoms with Crippen LogP contribution in [0.25, 0.3) is 11.0 Å². The number of nitrogens with one attached hydrogen (secondary N) is 1. The van der Waals surface area contributed by atoms with E-state index in [1.165, 1.54) is 17.9 Å². The molecule has 11 nitrogen and oxygen atoms in total. The third kappa shape index (κ3) is 4.20. The number of aryl methyl sites for hydroxylation is 2. The molecular formula is C23H28N6O5. The van der Waals surface area contributed by atoms with Gasteiger partial charge in [-0.15, -0.1) is 0 Å². The summed E-state index contributed by atoms with van der Waals surface area (Å²) in [7, 11) is 1.54. The Bertz CT molecular complexity index is 1330. The summed E-state index contributed by atoms with van der Waals surface area (Å²) in [6.07, 6.45) is 3.85. The second-order valence-electron chi connectivity index (χ2n) is 8.33. The predicted octanol–water partition coefficient (Wildman–Crippen LogP) is 0.485. The SMILES string of the molecule is CCCNC(=O)Cn1c(=O)c2c(N3CCN(C(=O)c4ccco4)CC3)c(C)cnc2n(C)c1=O. The Hall–Kier alpha value is -3.89. The fourth-order valence-corrected chi connectivity index (χ4v) is 4.23. The molecule has 4 heterocycles. The molecule has 0 unspecified atom stereocenters. The van der Waals surface area contributed by atoms with Gasteiger partial charge in [0.1, 0.15) is 11.9 Å².